The highest BCUT2D eigenvalue weighted by molar-refractivity contribution is 7.80. The normalized spacial score (nSPS) is 8.73. The van der Waals surface area contributed by atoms with E-state index in [-0.39, 0.29) is 0 Å². The van der Waals surface area contributed by atoms with Gasteiger partial charge < -0.3 is 0 Å². The topological polar surface area (TPSA) is 0 Å². The molecule has 0 bridgehead atoms. The fourth-order valence-electron chi connectivity index (χ4n) is 0.496. The Kier molecular flexibility index (Phi) is 22.0. The summed E-state index contributed by atoms with van der Waals surface area (Å²) in [6.07, 6.45) is 6.27. The third-order valence-electron chi connectivity index (χ3n) is 1.25. The molecule has 68 valence electrons. The van der Waals surface area contributed by atoms with E-state index >= 15 is 0 Å². The molecule has 11 heavy (non-hydrogen) atoms. The maximum absolute atomic E-state index is 4.72. The predicted molar refractivity (Wildman–Crippen MR) is 59.3 cm³/mol. The summed E-state index contributed by atoms with van der Waals surface area (Å²) in [5.41, 5.74) is 0. The van der Waals surface area contributed by atoms with Gasteiger partial charge in [0.15, 0.2) is 0 Å². The largest absolute Gasteiger partial charge is 0.0942 e. The summed E-state index contributed by atoms with van der Waals surface area (Å²) in [4.78, 5) is 0. The van der Waals surface area contributed by atoms with Crippen LogP contribution >= 0.6 is 25.3 Å². The minimum atomic E-state index is 0.927. The second-order valence-corrected chi connectivity index (χ2v) is 3.29. The first kappa shape index (κ1) is 14.2. The second-order valence-electron chi connectivity index (χ2n) is 2.47. The highest BCUT2D eigenvalue weighted by atomic mass is 32.1. The van der Waals surface area contributed by atoms with E-state index in [0.717, 1.165) is 11.5 Å². The molecule has 0 unspecified atom stereocenters. The second kappa shape index (κ2) is 17.0. The Labute approximate surface area is 83.0 Å². The van der Waals surface area contributed by atoms with Crippen LogP contribution in [0, 0.1) is 0 Å². The molecule has 0 nitrogen and oxygen atoms in total. The van der Waals surface area contributed by atoms with Crippen molar-refractivity contribution in [1.29, 1.82) is 0 Å². The van der Waals surface area contributed by atoms with Gasteiger partial charge in [-0.15, -0.1) is 0 Å². The zero-order valence-corrected chi connectivity index (χ0v) is 9.40. The van der Waals surface area contributed by atoms with E-state index in [1.807, 2.05) is 0 Å². The van der Waals surface area contributed by atoms with Crippen LogP contribution in [0.3, 0.4) is 0 Å². The first-order chi connectivity index (χ1) is 5.33. The van der Waals surface area contributed by atoms with Crippen LogP contribution in [0.25, 0.3) is 0 Å². The summed E-state index contributed by atoms with van der Waals surface area (Å²) < 4.78 is 0. The lowest BCUT2D eigenvalue weighted by molar-refractivity contribution is 0.780. The van der Waals surface area contributed by atoms with Crippen LogP contribution in [0.1, 0.15) is 46.0 Å². The first-order valence-electron chi connectivity index (χ1n) is 4.49. The van der Waals surface area contributed by atoms with Crippen molar-refractivity contribution in [3.05, 3.63) is 0 Å². The van der Waals surface area contributed by atoms with E-state index < -0.39 is 0 Å². The zero-order chi connectivity index (χ0) is 8.95. The van der Waals surface area contributed by atoms with E-state index in [4.69, 9.17) is 12.6 Å². The molecule has 0 fully saturated rings. The Morgan fingerprint density at radius 1 is 0.727 bits per heavy atom. The molecule has 0 saturated carbocycles. The third kappa shape index (κ3) is 24.9. The average Bonchev–Trinajstić information content (AvgIpc) is 2.04. The van der Waals surface area contributed by atoms with E-state index in [1.54, 1.807) is 0 Å². The molecule has 0 aromatic heterocycles. The van der Waals surface area contributed by atoms with E-state index in [0.29, 0.717) is 0 Å². The predicted octanol–water partition coefficient (Wildman–Crippen LogP) is 4.36. The molecule has 2 heteroatoms. The number of hydrogen-bond acceptors (Lipinski definition) is 0. The molecule has 0 aromatic rings. The highest BCUT2D eigenvalue weighted by Gasteiger charge is 1.76. The number of rotatable bonds is 5. The molecule has 0 aliphatic rings. The SMILES string of the molecule is CCCCC[S].CCCC[S]. The van der Waals surface area contributed by atoms with Gasteiger partial charge in [-0.1, -0.05) is 58.4 Å². The Bertz CT molecular complexity index is 40.8. The van der Waals surface area contributed by atoms with E-state index in [2.05, 4.69) is 26.5 Å². The summed E-state index contributed by atoms with van der Waals surface area (Å²) in [6, 6.07) is 0. The van der Waals surface area contributed by atoms with E-state index in [1.165, 1.54) is 32.1 Å². The highest BCUT2D eigenvalue weighted by Crippen LogP contribution is 1.93. The minimum absolute atomic E-state index is 0.927. The molecule has 2 radical (unpaired) electrons. The van der Waals surface area contributed by atoms with Crippen LogP contribution in [-0.2, 0) is 0 Å². The Morgan fingerprint density at radius 3 is 1.27 bits per heavy atom. The third-order valence-corrected chi connectivity index (χ3v) is 1.82. The van der Waals surface area contributed by atoms with Crippen molar-refractivity contribution >= 4 is 25.3 Å². The Hall–Kier alpha value is 0.700. The van der Waals surface area contributed by atoms with Crippen molar-refractivity contribution in [3.8, 4) is 0 Å². The maximum Gasteiger partial charge on any atom is 0.00369 e. The van der Waals surface area contributed by atoms with Crippen molar-refractivity contribution in [3.63, 3.8) is 0 Å². The van der Waals surface area contributed by atoms with Gasteiger partial charge in [0.05, 0.1) is 0 Å². The summed E-state index contributed by atoms with van der Waals surface area (Å²) in [7, 11) is 0. The van der Waals surface area contributed by atoms with Gasteiger partial charge in [-0.25, -0.2) is 0 Å². The summed E-state index contributed by atoms with van der Waals surface area (Å²) in [5.74, 6) is 1.87. The molecular formula is C9H20S2. The molecule has 0 aliphatic heterocycles. The molecule has 0 rings (SSSR count). The molecule has 0 heterocycles. The Morgan fingerprint density at radius 2 is 1.18 bits per heavy atom. The monoisotopic (exact) mass is 192 g/mol. The first-order valence-corrected chi connectivity index (χ1v) is 5.65. The lowest BCUT2D eigenvalue weighted by Gasteiger charge is -1.85. The van der Waals surface area contributed by atoms with Crippen LogP contribution < -0.4 is 0 Å². The van der Waals surface area contributed by atoms with Crippen LogP contribution in [0.4, 0.5) is 0 Å². The van der Waals surface area contributed by atoms with E-state index in [9.17, 15) is 0 Å². The summed E-state index contributed by atoms with van der Waals surface area (Å²) in [6.45, 7) is 4.33. The van der Waals surface area contributed by atoms with Gasteiger partial charge in [-0.2, -0.15) is 0 Å². The van der Waals surface area contributed by atoms with Crippen molar-refractivity contribution < 1.29 is 0 Å². The average molecular weight is 192 g/mol. The van der Waals surface area contributed by atoms with Gasteiger partial charge in [0.2, 0.25) is 0 Å². The molecule has 0 spiro atoms. The molecule has 0 aliphatic carbocycles. The molecule has 0 aromatic carbocycles. The van der Waals surface area contributed by atoms with Gasteiger partial charge in [-0.05, 0) is 12.8 Å². The molecule has 0 N–H and O–H groups in total. The smallest absolute Gasteiger partial charge is 0.00369 e. The summed E-state index contributed by atoms with van der Waals surface area (Å²) in [5, 5.41) is 0. The lowest BCUT2D eigenvalue weighted by Crippen LogP contribution is -1.70. The number of unbranched alkanes of at least 4 members (excludes halogenated alkanes) is 3. The quantitative estimate of drug-likeness (QED) is 0.568. The minimum Gasteiger partial charge on any atom is -0.0942 e. The van der Waals surface area contributed by atoms with Crippen LogP contribution in [0.15, 0.2) is 0 Å². The van der Waals surface area contributed by atoms with Gasteiger partial charge in [0.25, 0.3) is 0 Å². The fraction of sp³-hybridized carbons (Fsp3) is 1.00. The van der Waals surface area contributed by atoms with Gasteiger partial charge >= 0.3 is 0 Å². The molecule has 0 saturated heterocycles. The maximum atomic E-state index is 4.72. The summed E-state index contributed by atoms with van der Waals surface area (Å²) >= 11 is 9.37. The Balaban J connectivity index is 0. The molecule has 0 atom stereocenters. The van der Waals surface area contributed by atoms with Crippen molar-refractivity contribution in [2.24, 2.45) is 0 Å². The molecular weight excluding hydrogens is 172 g/mol. The van der Waals surface area contributed by atoms with Gasteiger partial charge in [0, 0.05) is 11.5 Å². The van der Waals surface area contributed by atoms with Crippen LogP contribution in [-0.4, -0.2) is 11.5 Å². The van der Waals surface area contributed by atoms with Gasteiger partial charge in [0.1, 0.15) is 0 Å². The van der Waals surface area contributed by atoms with Crippen molar-refractivity contribution in [2.45, 2.75) is 46.0 Å². The zero-order valence-electron chi connectivity index (χ0n) is 7.77. The van der Waals surface area contributed by atoms with Crippen LogP contribution in [0.5, 0.6) is 0 Å². The fourth-order valence-corrected chi connectivity index (χ4v) is 0.989. The van der Waals surface area contributed by atoms with Crippen molar-refractivity contribution in [2.75, 3.05) is 11.5 Å². The standard InChI is InChI=1S/C5H11S.C4H9S/c1-2-3-4-5-6;1-2-3-4-5/h2-5H2,1H3;2-4H2,1H3. The van der Waals surface area contributed by atoms with Gasteiger partial charge in [-0.3, -0.25) is 0 Å². The van der Waals surface area contributed by atoms with Crippen molar-refractivity contribution in [1.82, 2.24) is 0 Å². The van der Waals surface area contributed by atoms with Crippen LogP contribution in [0.2, 0.25) is 0 Å². The molecule has 0 amide bonds. The lowest BCUT2D eigenvalue weighted by atomic mass is 10.3. The number of hydrogen-bond donors (Lipinski definition) is 0.